The Morgan fingerprint density at radius 3 is 2.58 bits per heavy atom. The molecule has 0 heterocycles. The number of benzene rings is 1. The fourth-order valence-electron chi connectivity index (χ4n) is 1.85. The van der Waals surface area contributed by atoms with E-state index in [1.807, 2.05) is 6.07 Å². The molecule has 0 bridgehead atoms. The van der Waals surface area contributed by atoms with Crippen LogP contribution < -0.4 is 4.74 Å². The van der Waals surface area contributed by atoms with Gasteiger partial charge < -0.3 is 4.74 Å². The highest BCUT2D eigenvalue weighted by atomic mass is 16.6. The molecule has 0 amide bonds. The van der Waals surface area contributed by atoms with E-state index in [0.717, 1.165) is 0 Å². The maximum Gasteiger partial charge on any atom is 0.237 e. The van der Waals surface area contributed by atoms with Crippen LogP contribution in [0.15, 0.2) is 48.3 Å². The largest absolute Gasteiger partial charge is 0.458 e. The molecular weight excluding hydrogens is 244 g/mol. The molecule has 5 nitrogen and oxygen atoms in total. The second-order valence-corrected chi connectivity index (χ2v) is 4.30. The molecule has 0 saturated heterocycles. The van der Waals surface area contributed by atoms with Crippen LogP contribution in [0.4, 0.5) is 0 Å². The summed E-state index contributed by atoms with van der Waals surface area (Å²) in [5.74, 6) is 0.963. The zero-order chi connectivity index (χ0) is 13.8. The first kappa shape index (κ1) is 12.8. The first-order valence-corrected chi connectivity index (χ1v) is 5.81. The second kappa shape index (κ2) is 5.36. The van der Waals surface area contributed by atoms with E-state index in [4.69, 9.17) is 10.00 Å². The Morgan fingerprint density at radius 2 is 2.05 bits per heavy atom. The van der Waals surface area contributed by atoms with E-state index in [2.05, 4.69) is 0 Å². The van der Waals surface area contributed by atoms with Crippen LogP contribution in [-0.4, -0.2) is 11.0 Å². The molecule has 0 fully saturated rings. The quantitative estimate of drug-likeness (QED) is 0.615. The Bertz CT molecular complexity index is 582. The molecule has 0 aliphatic heterocycles. The van der Waals surface area contributed by atoms with Gasteiger partial charge in [0.15, 0.2) is 0 Å². The standard InChI is InChI=1S/C14H12N2O3/c1-10-8-13(6-7-14(10)16(17)18)19-12-4-2-11(9-15)3-5-12/h2-8,10,14H,1H3. The smallest absolute Gasteiger partial charge is 0.237 e. The Hall–Kier alpha value is -2.61. The third-order valence-corrected chi connectivity index (χ3v) is 2.89. The van der Waals surface area contributed by atoms with E-state index in [1.165, 1.54) is 6.08 Å². The van der Waals surface area contributed by atoms with Gasteiger partial charge >= 0.3 is 0 Å². The normalized spacial score (nSPS) is 21.4. The Morgan fingerprint density at radius 1 is 1.37 bits per heavy atom. The molecule has 0 radical (unpaired) electrons. The monoisotopic (exact) mass is 256 g/mol. The molecule has 0 saturated carbocycles. The molecule has 19 heavy (non-hydrogen) atoms. The van der Waals surface area contributed by atoms with Gasteiger partial charge in [-0.3, -0.25) is 10.1 Å². The van der Waals surface area contributed by atoms with E-state index >= 15 is 0 Å². The summed E-state index contributed by atoms with van der Waals surface area (Å²) < 4.78 is 5.60. The van der Waals surface area contributed by atoms with Crippen molar-refractivity contribution in [1.82, 2.24) is 0 Å². The summed E-state index contributed by atoms with van der Waals surface area (Å²) in [6, 6.07) is 8.02. The molecule has 2 unspecified atom stereocenters. The molecule has 2 atom stereocenters. The van der Waals surface area contributed by atoms with Crippen LogP contribution in [0.3, 0.4) is 0 Å². The van der Waals surface area contributed by atoms with Gasteiger partial charge in [0.2, 0.25) is 6.04 Å². The molecule has 0 spiro atoms. The fourth-order valence-corrected chi connectivity index (χ4v) is 1.85. The van der Waals surface area contributed by atoms with Gasteiger partial charge in [0.25, 0.3) is 0 Å². The molecule has 5 heteroatoms. The SMILES string of the molecule is CC1C=C(Oc2ccc(C#N)cc2)C=CC1[N+](=O)[O-]. The number of ether oxygens (including phenoxy) is 1. The molecule has 0 aromatic heterocycles. The number of allylic oxidation sites excluding steroid dienone is 1. The minimum Gasteiger partial charge on any atom is -0.458 e. The van der Waals surface area contributed by atoms with Crippen molar-refractivity contribution in [3.05, 3.63) is 63.9 Å². The Labute approximate surface area is 110 Å². The highest BCUT2D eigenvalue weighted by Gasteiger charge is 2.26. The highest BCUT2D eigenvalue weighted by molar-refractivity contribution is 5.36. The molecule has 96 valence electrons. The van der Waals surface area contributed by atoms with Gasteiger partial charge in [-0.2, -0.15) is 5.26 Å². The van der Waals surface area contributed by atoms with Gasteiger partial charge in [0.1, 0.15) is 11.5 Å². The third kappa shape index (κ3) is 2.99. The van der Waals surface area contributed by atoms with E-state index in [-0.39, 0.29) is 10.8 Å². The third-order valence-electron chi connectivity index (χ3n) is 2.89. The summed E-state index contributed by atoms with van der Waals surface area (Å²) in [4.78, 5) is 10.4. The maximum absolute atomic E-state index is 10.8. The lowest BCUT2D eigenvalue weighted by molar-refractivity contribution is -0.515. The minimum atomic E-state index is -0.701. The van der Waals surface area contributed by atoms with Gasteiger partial charge in [-0.15, -0.1) is 0 Å². The summed E-state index contributed by atoms with van der Waals surface area (Å²) >= 11 is 0. The first-order chi connectivity index (χ1) is 9.10. The van der Waals surface area contributed by atoms with Crippen molar-refractivity contribution in [2.45, 2.75) is 13.0 Å². The number of nitro groups is 1. The first-order valence-electron chi connectivity index (χ1n) is 5.81. The van der Waals surface area contributed by atoms with Crippen LogP contribution in [0.25, 0.3) is 0 Å². The van der Waals surface area contributed by atoms with Gasteiger partial charge in [0.05, 0.1) is 11.6 Å². The average molecular weight is 256 g/mol. The van der Waals surface area contributed by atoms with Crippen LogP contribution in [0.1, 0.15) is 12.5 Å². The van der Waals surface area contributed by atoms with Crippen LogP contribution in [-0.2, 0) is 0 Å². The molecular formula is C14H12N2O3. The molecule has 2 rings (SSSR count). The fraction of sp³-hybridized carbons (Fsp3) is 0.214. The van der Waals surface area contributed by atoms with E-state index in [0.29, 0.717) is 17.1 Å². The average Bonchev–Trinajstić information content (AvgIpc) is 2.39. The number of rotatable bonds is 3. The molecule has 1 aliphatic carbocycles. The summed E-state index contributed by atoms with van der Waals surface area (Å²) in [7, 11) is 0. The Kier molecular flexibility index (Phi) is 3.62. The van der Waals surface area contributed by atoms with Crippen LogP contribution in [0, 0.1) is 27.4 Å². The van der Waals surface area contributed by atoms with Gasteiger partial charge in [0, 0.05) is 10.8 Å². The number of nitrogens with zero attached hydrogens (tertiary/aromatic N) is 2. The van der Waals surface area contributed by atoms with E-state index in [9.17, 15) is 10.1 Å². The minimum absolute atomic E-state index is 0.214. The summed E-state index contributed by atoms with van der Waals surface area (Å²) in [5, 5.41) is 19.4. The molecule has 0 N–H and O–H groups in total. The zero-order valence-corrected chi connectivity index (χ0v) is 10.3. The summed E-state index contributed by atoms with van der Waals surface area (Å²) in [6.07, 6.45) is 4.86. The summed E-state index contributed by atoms with van der Waals surface area (Å²) in [5.41, 5.74) is 0.558. The number of hydrogen-bond donors (Lipinski definition) is 0. The second-order valence-electron chi connectivity index (χ2n) is 4.30. The van der Waals surface area contributed by atoms with Crippen molar-refractivity contribution in [3.63, 3.8) is 0 Å². The lowest BCUT2D eigenvalue weighted by atomic mass is 9.97. The van der Waals surface area contributed by atoms with Crippen molar-refractivity contribution >= 4 is 0 Å². The predicted molar refractivity (Wildman–Crippen MR) is 69.0 cm³/mol. The predicted octanol–water partition coefficient (Wildman–Crippen LogP) is 2.67. The van der Waals surface area contributed by atoms with Crippen LogP contribution in [0.5, 0.6) is 5.75 Å². The molecule has 1 aromatic rings. The van der Waals surface area contributed by atoms with E-state index < -0.39 is 6.04 Å². The maximum atomic E-state index is 10.8. The lowest BCUT2D eigenvalue weighted by Crippen LogP contribution is -2.26. The highest BCUT2D eigenvalue weighted by Crippen LogP contribution is 2.22. The Balaban J connectivity index is 2.08. The van der Waals surface area contributed by atoms with Crippen molar-refractivity contribution < 1.29 is 9.66 Å². The van der Waals surface area contributed by atoms with Crippen molar-refractivity contribution in [3.8, 4) is 11.8 Å². The number of nitriles is 1. The van der Waals surface area contributed by atoms with Crippen molar-refractivity contribution in [2.75, 3.05) is 0 Å². The lowest BCUT2D eigenvalue weighted by Gasteiger charge is -2.16. The van der Waals surface area contributed by atoms with Crippen molar-refractivity contribution in [1.29, 1.82) is 5.26 Å². The van der Waals surface area contributed by atoms with Crippen molar-refractivity contribution in [2.24, 2.45) is 5.92 Å². The van der Waals surface area contributed by atoms with Gasteiger partial charge in [-0.1, -0.05) is 6.92 Å². The van der Waals surface area contributed by atoms with Crippen LogP contribution >= 0.6 is 0 Å². The number of hydrogen-bond acceptors (Lipinski definition) is 4. The zero-order valence-electron chi connectivity index (χ0n) is 10.3. The van der Waals surface area contributed by atoms with E-state index in [1.54, 1.807) is 43.3 Å². The van der Waals surface area contributed by atoms with Gasteiger partial charge in [-0.05, 0) is 42.5 Å². The molecule has 1 aromatic carbocycles. The summed E-state index contributed by atoms with van der Waals surface area (Å²) in [6.45, 7) is 1.78. The van der Waals surface area contributed by atoms with Crippen LogP contribution in [0.2, 0.25) is 0 Å². The topological polar surface area (TPSA) is 76.2 Å². The van der Waals surface area contributed by atoms with Gasteiger partial charge in [-0.25, -0.2) is 0 Å². The molecule has 1 aliphatic rings.